The third kappa shape index (κ3) is 2.13. The number of carbonyl (C=O) groups is 1. The Hall–Kier alpha value is -2.14. The predicted octanol–water partition coefficient (Wildman–Crippen LogP) is 3.96. The Kier molecular flexibility index (Phi) is 2.83. The molecule has 1 aromatic heterocycles. The molecule has 0 aliphatic heterocycles. The van der Waals surface area contributed by atoms with E-state index in [2.05, 4.69) is 20.9 Å². The first kappa shape index (κ1) is 11.9. The number of benzene rings is 2. The summed E-state index contributed by atoms with van der Waals surface area (Å²) in [5.74, 6) is -0.615. The van der Waals surface area contributed by atoms with Crippen LogP contribution in [0.3, 0.4) is 0 Å². The topological polar surface area (TPSA) is 63.3 Å². The molecule has 0 radical (unpaired) electrons. The first-order valence-corrected chi connectivity index (χ1v) is 6.33. The molecule has 3 rings (SSSR count). The summed E-state index contributed by atoms with van der Waals surface area (Å²) in [5.41, 5.74) is 1.74. The Bertz CT molecular complexity index is 765. The molecule has 0 bridgehead atoms. The highest BCUT2D eigenvalue weighted by Gasteiger charge is 2.16. The van der Waals surface area contributed by atoms with Crippen LogP contribution in [-0.2, 0) is 0 Å². The molecule has 0 atom stereocenters. The minimum absolute atomic E-state index is 0.121. The zero-order valence-corrected chi connectivity index (χ0v) is 11.2. The fourth-order valence-electron chi connectivity index (χ4n) is 1.86. The molecular formula is C14H8BrNO3. The highest BCUT2D eigenvalue weighted by atomic mass is 79.9. The van der Waals surface area contributed by atoms with Gasteiger partial charge in [0.2, 0.25) is 5.89 Å². The highest BCUT2D eigenvalue weighted by Crippen LogP contribution is 2.29. The van der Waals surface area contributed by atoms with Gasteiger partial charge >= 0.3 is 5.97 Å². The number of hydrogen-bond acceptors (Lipinski definition) is 3. The average Bonchev–Trinajstić information content (AvgIpc) is 2.82. The summed E-state index contributed by atoms with van der Waals surface area (Å²) in [6.07, 6.45) is 0. The number of aromatic carboxylic acids is 1. The van der Waals surface area contributed by atoms with Crippen molar-refractivity contribution in [3.63, 3.8) is 0 Å². The lowest BCUT2D eigenvalue weighted by Crippen LogP contribution is -1.97. The molecule has 0 fully saturated rings. The van der Waals surface area contributed by atoms with Gasteiger partial charge in [0.05, 0.1) is 5.56 Å². The quantitative estimate of drug-likeness (QED) is 0.777. The monoisotopic (exact) mass is 317 g/mol. The Balaban J connectivity index is 2.26. The fourth-order valence-corrected chi connectivity index (χ4v) is 2.30. The van der Waals surface area contributed by atoms with Gasteiger partial charge in [0.25, 0.3) is 0 Å². The van der Waals surface area contributed by atoms with E-state index in [0.717, 1.165) is 5.56 Å². The summed E-state index contributed by atoms with van der Waals surface area (Å²) < 4.78 is 6.27. The molecule has 0 aliphatic rings. The minimum Gasteiger partial charge on any atom is -0.478 e. The van der Waals surface area contributed by atoms with Crippen molar-refractivity contribution >= 4 is 33.0 Å². The van der Waals surface area contributed by atoms with Gasteiger partial charge in [-0.2, -0.15) is 0 Å². The van der Waals surface area contributed by atoms with Gasteiger partial charge in [-0.05, 0) is 24.3 Å². The summed E-state index contributed by atoms with van der Waals surface area (Å²) in [5, 5.41) is 9.18. The van der Waals surface area contributed by atoms with Crippen LogP contribution < -0.4 is 0 Å². The zero-order valence-electron chi connectivity index (χ0n) is 9.63. The smallest absolute Gasteiger partial charge is 0.338 e. The molecule has 0 saturated heterocycles. The molecule has 3 aromatic rings. The van der Waals surface area contributed by atoms with E-state index in [0.29, 0.717) is 21.5 Å². The van der Waals surface area contributed by atoms with Crippen LogP contribution in [0.5, 0.6) is 0 Å². The normalized spacial score (nSPS) is 10.8. The molecule has 0 spiro atoms. The Labute approximate surface area is 116 Å². The second kappa shape index (κ2) is 4.51. The van der Waals surface area contributed by atoms with Crippen molar-refractivity contribution < 1.29 is 14.3 Å². The van der Waals surface area contributed by atoms with Gasteiger partial charge < -0.3 is 9.52 Å². The standard InChI is InChI=1S/C14H8BrNO3/c15-9-6-10(14(17)18)12-11(7-9)19-13(16-12)8-4-2-1-3-5-8/h1-7H,(H,17,18). The molecule has 0 aliphatic carbocycles. The van der Waals surface area contributed by atoms with Gasteiger partial charge in [-0.25, -0.2) is 9.78 Å². The van der Waals surface area contributed by atoms with Crippen LogP contribution in [0.2, 0.25) is 0 Å². The lowest BCUT2D eigenvalue weighted by atomic mass is 10.2. The molecule has 0 amide bonds. The number of halogens is 1. The van der Waals surface area contributed by atoms with Gasteiger partial charge in [-0.3, -0.25) is 0 Å². The lowest BCUT2D eigenvalue weighted by molar-refractivity contribution is 0.0698. The number of carboxylic acids is 1. The van der Waals surface area contributed by atoms with E-state index in [1.807, 2.05) is 30.3 Å². The van der Waals surface area contributed by atoms with Gasteiger partial charge in [0.1, 0.15) is 5.52 Å². The highest BCUT2D eigenvalue weighted by molar-refractivity contribution is 9.10. The number of fused-ring (bicyclic) bond motifs is 1. The largest absolute Gasteiger partial charge is 0.478 e. The maximum absolute atomic E-state index is 11.2. The maximum Gasteiger partial charge on any atom is 0.338 e. The number of carboxylic acid groups (broad SMARTS) is 1. The predicted molar refractivity (Wildman–Crippen MR) is 74.1 cm³/mol. The number of hydrogen-bond donors (Lipinski definition) is 1. The van der Waals surface area contributed by atoms with Crippen LogP contribution in [-0.4, -0.2) is 16.1 Å². The van der Waals surface area contributed by atoms with Crippen molar-refractivity contribution in [1.29, 1.82) is 0 Å². The Morgan fingerprint density at radius 2 is 1.95 bits per heavy atom. The zero-order chi connectivity index (χ0) is 13.4. The minimum atomic E-state index is -1.03. The second-order valence-corrected chi connectivity index (χ2v) is 4.91. The van der Waals surface area contributed by atoms with E-state index in [4.69, 9.17) is 4.42 Å². The number of nitrogens with zero attached hydrogens (tertiary/aromatic N) is 1. The van der Waals surface area contributed by atoms with Crippen molar-refractivity contribution in [3.8, 4) is 11.5 Å². The van der Waals surface area contributed by atoms with Crippen molar-refractivity contribution in [2.45, 2.75) is 0 Å². The van der Waals surface area contributed by atoms with Crippen molar-refractivity contribution in [1.82, 2.24) is 4.98 Å². The lowest BCUT2D eigenvalue weighted by Gasteiger charge is -1.95. The first-order chi connectivity index (χ1) is 9.15. The molecule has 0 unspecified atom stereocenters. The molecule has 1 N–H and O–H groups in total. The molecule has 5 heteroatoms. The van der Waals surface area contributed by atoms with Crippen LogP contribution in [0.15, 0.2) is 51.4 Å². The molecule has 19 heavy (non-hydrogen) atoms. The summed E-state index contributed by atoms with van der Waals surface area (Å²) in [6.45, 7) is 0. The summed E-state index contributed by atoms with van der Waals surface area (Å²) in [7, 11) is 0. The first-order valence-electron chi connectivity index (χ1n) is 5.54. The summed E-state index contributed by atoms with van der Waals surface area (Å²) >= 11 is 3.27. The third-order valence-electron chi connectivity index (χ3n) is 2.71. The maximum atomic E-state index is 11.2. The van der Waals surface area contributed by atoms with E-state index >= 15 is 0 Å². The molecule has 2 aromatic carbocycles. The Morgan fingerprint density at radius 1 is 1.21 bits per heavy atom. The molecule has 1 heterocycles. The average molecular weight is 318 g/mol. The van der Waals surface area contributed by atoms with Crippen LogP contribution in [0.25, 0.3) is 22.6 Å². The van der Waals surface area contributed by atoms with Crippen LogP contribution >= 0.6 is 15.9 Å². The fraction of sp³-hybridized carbons (Fsp3) is 0. The van der Waals surface area contributed by atoms with Crippen LogP contribution in [0, 0.1) is 0 Å². The molecule has 4 nitrogen and oxygen atoms in total. The van der Waals surface area contributed by atoms with Crippen LogP contribution in [0.4, 0.5) is 0 Å². The van der Waals surface area contributed by atoms with E-state index < -0.39 is 5.97 Å². The van der Waals surface area contributed by atoms with Crippen molar-refractivity contribution in [3.05, 3.63) is 52.5 Å². The van der Waals surface area contributed by atoms with Crippen molar-refractivity contribution in [2.24, 2.45) is 0 Å². The Morgan fingerprint density at radius 3 is 2.63 bits per heavy atom. The van der Waals surface area contributed by atoms with E-state index in [9.17, 15) is 9.90 Å². The van der Waals surface area contributed by atoms with E-state index in [1.54, 1.807) is 6.07 Å². The molecule has 0 saturated carbocycles. The van der Waals surface area contributed by atoms with Crippen molar-refractivity contribution in [2.75, 3.05) is 0 Å². The van der Waals surface area contributed by atoms with Gasteiger partial charge in [0.15, 0.2) is 5.58 Å². The van der Waals surface area contributed by atoms with Crippen LogP contribution in [0.1, 0.15) is 10.4 Å². The SMILES string of the molecule is O=C(O)c1cc(Br)cc2oc(-c3ccccc3)nc12. The third-order valence-corrected chi connectivity index (χ3v) is 3.17. The molecule has 94 valence electrons. The van der Waals surface area contributed by atoms with Gasteiger partial charge in [0, 0.05) is 10.0 Å². The van der Waals surface area contributed by atoms with E-state index in [-0.39, 0.29) is 5.56 Å². The summed E-state index contributed by atoms with van der Waals surface area (Å²) in [6, 6.07) is 12.6. The number of rotatable bonds is 2. The van der Waals surface area contributed by atoms with Gasteiger partial charge in [-0.1, -0.05) is 34.1 Å². The van der Waals surface area contributed by atoms with E-state index in [1.165, 1.54) is 6.07 Å². The molecular weight excluding hydrogens is 310 g/mol. The number of aromatic nitrogens is 1. The number of oxazole rings is 1. The second-order valence-electron chi connectivity index (χ2n) is 3.99. The summed E-state index contributed by atoms with van der Waals surface area (Å²) in [4.78, 5) is 15.5. The van der Waals surface area contributed by atoms with Gasteiger partial charge in [-0.15, -0.1) is 0 Å².